The van der Waals surface area contributed by atoms with Gasteiger partial charge in [0, 0.05) is 13.5 Å². The van der Waals surface area contributed by atoms with Crippen molar-refractivity contribution >= 4 is 17.3 Å². The average molecular weight is 323 g/mol. The number of carbonyl (C=O) groups is 1. The number of ether oxygens (including phenoxy) is 3. The number of hydrogen-bond acceptors (Lipinski definition) is 6. The summed E-state index contributed by atoms with van der Waals surface area (Å²) in [6, 6.07) is 7.19. The first kappa shape index (κ1) is 16.3. The molecule has 1 N–H and O–H groups in total. The van der Waals surface area contributed by atoms with Crippen LogP contribution in [-0.2, 0) is 17.8 Å². The molecule has 0 unspecified atom stereocenters. The SMILES string of the molecule is COCCc1nc(COc2ccccc2OC)c(C(=O)O)s1. The Morgan fingerprint density at radius 1 is 1.27 bits per heavy atom. The van der Waals surface area contributed by atoms with Gasteiger partial charge in [0.15, 0.2) is 11.5 Å². The Balaban J connectivity index is 2.14. The number of para-hydroxylation sites is 2. The summed E-state index contributed by atoms with van der Waals surface area (Å²) in [6.07, 6.45) is 0.579. The van der Waals surface area contributed by atoms with Gasteiger partial charge in [0.05, 0.1) is 18.7 Å². The summed E-state index contributed by atoms with van der Waals surface area (Å²) in [5, 5.41) is 9.98. The Morgan fingerprint density at radius 2 is 2.00 bits per heavy atom. The lowest BCUT2D eigenvalue weighted by molar-refractivity contribution is 0.0699. The van der Waals surface area contributed by atoms with Crippen molar-refractivity contribution in [2.75, 3.05) is 20.8 Å². The summed E-state index contributed by atoms with van der Waals surface area (Å²) in [6.45, 7) is 0.574. The number of carboxylic acid groups (broad SMARTS) is 1. The molecule has 0 saturated heterocycles. The molecule has 0 spiro atoms. The molecule has 6 nitrogen and oxygen atoms in total. The number of aromatic carboxylic acids is 1. The van der Waals surface area contributed by atoms with Gasteiger partial charge in [-0.15, -0.1) is 11.3 Å². The summed E-state index contributed by atoms with van der Waals surface area (Å²) >= 11 is 1.15. The molecule has 2 rings (SSSR count). The van der Waals surface area contributed by atoms with Crippen LogP contribution in [0.25, 0.3) is 0 Å². The number of nitrogens with zero attached hydrogens (tertiary/aromatic N) is 1. The number of methoxy groups -OCH3 is 2. The molecule has 22 heavy (non-hydrogen) atoms. The predicted molar refractivity (Wildman–Crippen MR) is 82.0 cm³/mol. The molecule has 0 saturated carbocycles. The van der Waals surface area contributed by atoms with E-state index in [1.165, 1.54) is 0 Å². The first-order chi connectivity index (χ1) is 10.7. The third-order valence-electron chi connectivity index (χ3n) is 2.89. The highest BCUT2D eigenvalue weighted by molar-refractivity contribution is 7.13. The first-order valence-electron chi connectivity index (χ1n) is 6.62. The van der Waals surface area contributed by atoms with Gasteiger partial charge in [-0.2, -0.15) is 0 Å². The third kappa shape index (κ3) is 3.96. The van der Waals surface area contributed by atoms with Gasteiger partial charge >= 0.3 is 5.97 Å². The van der Waals surface area contributed by atoms with Gasteiger partial charge in [-0.3, -0.25) is 0 Å². The lowest BCUT2D eigenvalue weighted by Gasteiger charge is -2.09. The van der Waals surface area contributed by atoms with E-state index in [0.717, 1.165) is 16.3 Å². The quantitative estimate of drug-likeness (QED) is 0.804. The topological polar surface area (TPSA) is 77.9 Å². The molecular weight excluding hydrogens is 306 g/mol. The van der Waals surface area contributed by atoms with Crippen LogP contribution in [-0.4, -0.2) is 36.9 Å². The maximum Gasteiger partial charge on any atom is 0.347 e. The minimum absolute atomic E-state index is 0.0749. The zero-order valence-electron chi connectivity index (χ0n) is 12.4. The van der Waals surface area contributed by atoms with Crippen molar-refractivity contribution in [1.29, 1.82) is 0 Å². The van der Waals surface area contributed by atoms with Crippen molar-refractivity contribution in [1.82, 2.24) is 4.98 Å². The summed E-state index contributed by atoms with van der Waals surface area (Å²) in [5.74, 6) is 0.141. The van der Waals surface area contributed by atoms with Crippen LogP contribution in [0, 0.1) is 0 Å². The molecule has 1 aromatic carbocycles. The average Bonchev–Trinajstić information content (AvgIpc) is 2.94. The van der Waals surface area contributed by atoms with Gasteiger partial charge in [0.25, 0.3) is 0 Å². The Kier molecular flexibility index (Phi) is 5.74. The molecule has 118 valence electrons. The fourth-order valence-corrected chi connectivity index (χ4v) is 2.73. The molecule has 0 amide bonds. The second-order valence-corrected chi connectivity index (χ2v) is 5.45. The molecule has 1 aromatic heterocycles. The number of rotatable bonds is 8. The largest absolute Gasteiger partial charge is 0.493 e. The molecule has 1 heterocycles. The number of hydrogen-bond donors (Lipinski definition) is 1. The fourth-order valence-electron chi connectivity index (χ4n) is 1.85. The number of aromatic nitrogens is 1. The smallest absolute Gasteiger partial charge is 0.347 e. The van der Waals surface area contributed by atoms with Gasteiger partial charge < -0.3 is 19.3 Å². The molecule has 0 fully saturated rings. The fraction of sp³-hybridized carbons (Fsp3) is 0.333. The van der Waals surface area contributed by atoms with E-state index in [1.54, 1.807) is 26.4 Å². The van der Waals surface area contributed by atoms with E-state index in [0.29, 0.717) is 30.2 Å². The van der Waals surface area contributed by atoms with E-state index in [1.807, 2.05) is 12.1 Å². The minimum atomic E-state index is -1.00. The number of thiazole rings is 1. The van der Waals surface area contributed by atoms with Gasteiger partial charge in [0.1, 0.15) is 17.2 Å². The first-order valence-corrected chi connectivity index (χ1v) is 7.44. The molecule has 0 bridgehead atoms. The highest BCUT2D eigenvalue weighted by Gasteiger charge is 2.18. The Morgan fingerprint density at radius 3 is 2.64 bits per heavy atom. The minimum Gasteiger partial charge on any atom is -0.493 e. The van der Waals surface area contributed by atoms with E-state index < -0.39 is 5.97 Å². The van der Waals surface area contributed by atoms with Crippen LogP contribution in [0.1, 0.15) is 20.4 Å². The van der Waals surface area contributed by atoms with Gasteiger partial charge in [0.2, 0.25) is 0 Å². The zero-order chi connectivity index (χ0) is 15.9. The van der Waals surface area contributed by atoms with Crippen LogP contribution in [0.5, 0.6) is 11.5 Å². The Labute approximate surface area is 132 Å². The van der Waals surface area contributed by atoms with E-state index in [2.05, 4.69) is 4.98 Å². The Hall–Kier alpha value is -2.12. The predicted octanol–water partition coefficient (Wildman–Crippen LogP) is 2.62. The standard InChI is InChI=1S/C15H17NO5S/c1-19-8-7-13-16-10(14(22-13)15(17)18)9-21-12-6-4-3-5-11(12)20-2/h3-6H,7-9H2,1-2H3,(H,17,18). The van der Waals surface area contributed by atoms with Crippen molar-refractivity contribution in [3.05, 3.63) is 39.8 Å². The maximum atomic E-state index is 11.3. The summed E-state index contributed by atoms with van der Waals surface area (Å²) in [5.41, 5.74) is 0.412. The molecule has 0 aliphatic heterocycles. The molecule has 2 aromatic rings. The maximum absolute atomic E-state index is 11.3. The van der Waals surface area contributed by atoms with Crippen LogP contribution < -0.4 is 9.47 Å². The Bertz CT molecular complexity index is 641. The summed E-state index contributed by atoms with van der Waals surface area (Å²) in [4.78, 5) is 15.8. The highest BCUT2D eigenvalue weighted by Crippen LogP contribution is 2.28. The van der Waals surface area contributed by atoms with E-state index >= 15 is 0 Å². The van der Waals surface area contributed by atoms with Crippen molar-refractivity contribution in [3.8, 4) is 11.5 Å². The van der Waals surface area contributed by atoms with Crippen molar-refractivity contribution in [2.24, 2.45) is 0 Å². The van der Waals surface area contributed by atoms with Crippen LogP contribution in [0.4, 0.5) is 0 Å². The van der Waals surface area contributed by atoms with E-state index in [9.17, 15) is 9.90 Å². The molecule has 0 radical (unpaired) electrons. The van der Waals surface area contributed by atoms with Crippen LogP contribution in [0.3, 0.4) is 0 Å². The third-order valence-corrected chi connectivity index (χ3v) is 4.03. The lowest BCUT2D eigenvalue weighted by atomic mass is 10.3. The molecule has 0 atom stereocenters. The van der Waals surface area contributed by atoms with Gasteiger partial charge in [-0.05, 0) is 12.1 Å². The lowest BCUT2D eigenvalue weighted by Crippen LogP contribution is -2.04. The van der Waals surface area contributed by atoms with Gasteiger partial charge in [-0.25, -0.2) is 9.78 Å². The monoisotopic (exact) mass is 323 g/mol. The van der Waals surface area contributed by atoms with E-state index in [4.69, 9.17) is 14.2 Å². The van der Waals surface area contributed by atoms with Crippen molar-refractivity contribution < 1.29 is 24.1 Å². The second-order valence-electron chi connectivity index (χ2n) is 4.37. The second kappa shape index (κ2) is 7.77. The highest BCUT2D eigenvalue weighted by atomic mass is 32.1. The number of carboxylic acids is 1. The van der Waals surface area contributed by atoms with E-state index in [-0.39, 0.29) is 11.5 Å². The molecule has 7 heteroatoms. The van der Waals surface area contributed by atoms with Crippen molar-refractivity contribution in [3.63, 3.8) is 0 Å². The molecule has 0 aliphatic rings. The van der Waals surface area contributed by atoms with Crippen molar-refractivity contribution in [2.45, 2.75) is 13.0 Å². The van der Waals surface area contributed by atoms with Gasteiger partial charge in [-0.1, -0.05) is 12.1 Å². The normalized spacial score (nSPS) is 10.5. The van der Waals surface area contributed by atoms with Crippen LogP contribution >= 0.6 is 11.3 Å². The summed E-state index contributed by atoms with van der Waals surface area (Å²) < 4.78 is 15.8. The molecule has 0 aliphatic carbocycles. The molecular formula is C15H17NO5S. The van der Waals surface area contributed by atoms with Crippen LogP contribution in [0.15, 0.2) is 24.3 Å². The van der Waals surface area contributed by atoms with Crippen LogP contribution in [0.2, 0.25) is 0 Å². The zero-order valence-corrected chi connectivity index (χ0v) is 13.2. The summed E-state index contributed by atoms with van der Waals surface area (Å²) in [7, 11) is 3.15. The number of benzene rings is 1.